The van der Waals surface area contributed by atoms with Gasteiger partial charge in [-0.15, -0.1) is 0 Å². The minimum Gasteiger partial charge on any atom is -0.465 e. The van der Waals surface area contributed by atoms with Gasteiger partial charge in [0.15, 0.2) is 0 Å². The van der Waals surface area contributed by atoms with Crippen molar-refractivity contribution < 1.29 is 19.2 Å². The number of ketones is 1. The summed E-state index contributed by atoms with van der Waals surface area (Å²) in [5, 5.41) is 7.90. The predicted octanol–water partition coefficient (Wildman–Crippen LogP) is 4.04. The number of hydrogen-bond donors (Lipinski definition) is 1. The van der Waals surface area contributed by atoms with E-state index in [1.165, 1.54) is 12.5 Å². The van der Waals surface area contributed by atoms with E-state index >= 15 is 0 Å². The van der Waals surface area contributed by atoms with Crippen LogP contribution in [0, 0.1) is 34.5 Å². The van der Waals surface area contributed by atoms with Gasteiger partial charge in [0.25, 0.3) is 0 Å². The van der Waals surface area contributed by atoms with Crippen molar-refractivity contribution in [1.82, 2.24) is 5.32 Å². The number of carbonyl (C=O) groups is 2. The van der Waals surface area contributed by atoms with Crippen LogP contribution >= 0.6 is 0 Å². The molecule has 5 rings (SSSR count). The second-order valence-corrected chi connectivity index (χ2v) is 11.3. The number of ether oxygens (including phenoxy) is 1. The van der Waals surface area contributed by atoms with E-state index in [4.69, 9.17) is 9.57 Å². The summed E-state index contributed by atoms with van der Waals surface area (Å²) in [6.07, 6.45) is 8.60. The molecule has 176 valence electrons. The van der Waals surface area contributed by atoms with Gasteiger partial charge in [0.2, 0.25) is 0 Å². The molecule has 6 nitrogen and oxygen atoms in total. The van der Waals surface area contributed by atoms with Crippen molar-refractivity contribution in [2.24, 2.45) is 39.7 Å². The molecule has 0 bridgehead atoms. The van der Waals surface area contributed by atoms with Crippen LogP contribution < -0.4 is 5.32 Å². The number of carbonyl (C=O) groups excluding carboxylic acids is 2. The van der Waals surface area contributed by atoms with Gasteiger partial charge in [-0.1, -0.05) is 24.2 Å². The van der Waals surface area contributed by atoms with E-state index in [1.807, 2.05) is 0 Å². The maximum Gasteiger partial charge on any atom is 0.302 e. The van der Waals surface area contributed by atoms with E-state index in [2.05, 4.69) is 24.0 Å². The molecule has 1 N–H and O–H groups in total. The highest BCUT2D eigenvalue weighted by atomic mass is 16.6. The van der Waals surface area contributed by atoms with Crippen LogP contribution in [0.2, 0.25) is 0 Å². The number of rotatable bonds is 4. The summed E-state index contributed by atoms with van der Waals surface area (Å²) in [5.41, 5.74) is 2.13. The SMILES string of the molecule is C=C1CC2C(CC[C@]3(C)C(=O)CCC23)[C@@]2(COC(C)=O)CC/C(=N\OC3CCNC3)CC12. The lowest BCUT2D eigenvalue weighted by Gasteiger charge is -2.60. The standard InChI is InChI=1S/C26H38N2O4/c1-16-12-20-21-4-5-24(30)25(21,3)9-7-22(20)26(15-31-17(2)29)10-6-18(13-23(16)26)28-32-19-8-11-27-14-19/h19-23,27H,1,4-15H2,2-3H3/b28-18+/t19?,20?,21?,22?,23?,25-,26-/m0/s1. The Kier molecular flexibility index (Phi) is 5.71. The van der Waals surface area contributed by atoms with Crippen LogP contribution in [-0.2, 0) is 19.2 Å². The molecule has 5 aliphatic rings. The Morgan fingerprint density at radius 1 is 1.19 bits per heavy atom. The lowest BCUT2D eigenvalue weighted by molar-refractivity contribution is -0.157. The van der Waals surface area contributed by atoms with E-state index in [0.717, 1.165) is 76.6 Å². The summed E-state index contributed by atoms with van der Waals surface area (Å²) in [5.74, 6) is 1.90. The summed E-state index contributed by atoms with van der Waals surface area (Å²) in [6.45, 7) is 10.6. The molecule has 0 aromatic rings. The van der Waals surface area contributed by atoms with Crippen molar-refractivity contribution in [3.05, 3.63) is 12.2 Å². The highest BCUT2D eigenvalue weighted by Gasteiger charge is 2.62. The Bertz CT molecular complexity index is 832. The van der Waals surface area contributed by atoms with Crippen LogP contribution in [0.25, 0.3) is 0 Å². The Balaban J connectivity index is 1.42. The molecule has 1 aliphatic heterocycles. The first-order chi connectivity index (χ1) is 15.3. The third kappa shape index (κ3) is 3.53. The van der Waals surface area contributed by atoms with Crippen LogP contribution in [0.3, 0.4) is 0 Å². The average Bonchev–Trinajstić information content (AvgIpc) is 3.39. The van der Waals surface area contributed by atoms with Gasteiger partial charge in [0.1, 0.15) is 11.9 Å². The number of hydrogen-bond acceptors (Lipinski definition) is 6. The number of oxime groups is 1. The van der Waals surface area contributed by atoms with Crippen LogP contribution in [0.15, 0.2) is 17.3 Å². The fraction of sp³-hybridized carbons (Fsp3) is 0.808. The molecule has 0 aromatic heterocycles. The fourth-order valence-electron chi connectivity index (χ4n) is 8.05. The molecule has 5 unspecified atom stereocenters. The van der Waals surface area contributed by atoms with Gasteiger partial charge < -0.3 is 14.9 Å². The molecule has 7 atom stereocenters. The number of fused-ring (bicyclic) bond motifs is 5. The summed E-state index contributed by atoms with van der Waals surface area (Å²) < 4.78 is 5.75. The van der Waals surface area contributed by atoms with Crippen molar-refractivity contribution in [2.45, 2.75) is 77.7 Å². The zero-order valence-corrected chi connectivity index (χ0v) is 19.7. The van der Waals surface area contributed by atoms with Gasteiger partial charge in [-0.2, -0.15) is 0 Å². The van der Waals surface area contributed by atoms with Crippen LogP contribution in [0.4, 0.5) is 0 Å². The molecule has 0 spiro atoms. The first kappa shape index (κ1) is 22.1. The molecule has 5 fully saturated rings. The molecule has 4 aliphatic carbocycles. The first-order valence-electron chi connectivity index (χ1n) is 12.6. The number of allylic oxidation sites excluding steroid dienone is 1. The summed E-state index contributed by atoms with van der Waals surface area (Å²) in [7, 11) is 0. The van der Waals surface area contributed by atoms with E-state index in [9.17, 15) is 9.59 Å². The molecular formula is C26H38N2O4. The second-order valence-electron chi connectivity index (χ2n) is 11.3. The van der Waals surface area contributed by atoms with Crippen LogP contribution in [-0.4, -0.2) is 43.3 Å². The lowest BCUT2D eigenvalue weighted by Crippen LogP contribution is -2.57. The predicted molar refractivity (Wildman–Crippen MR) is 122 cm³/mol. The highest BCUT2D eigenvalue weighted by molar-refractivity contribution is 5.87. The normalized spacial score (nSPS) is 44.7. The van der Waals surface area contributed by atoms with Gasteiger partial charge in [-0.3, -0.25) is 9.59 Å². The molecule has 32 heavy (non-hydrogen) atoms. The van der Waals surface area contributed by atoms with Crippen molar-refractivity contribution in [1.29, 1.82) is 0 Å². The van der Waals surface area contributed by atoms with Crippen molar-refractivity contribution in [3.8, 4) is 0 Å². The summed E-state index contributed by atoms with van der Waals surface area (Å²) in [6, 6.07) is 0. The third-order valence-corrected chi connectivity index (χ3v) is 9.78. The lowest BCUT2D eigenvalue weighted by atomic mass is 9.44. The van der Waals surface area contributed by atoms with E-state index < -0.39 is 0 Å². The minimum atomic E-state index is -0.209. The van der Waals surface area contributed by atoms with E-state index in [-0.39, 0.29) is 28.8 Å². The van der Waals surface area contributed by atoms with Gasteiger partial charge in [-0.25, -0.2) is 0 Å². The molecule has 1 saturated heterocycles. The number of esters is 1. The molecular weight excluding hydrogens is 404 g/mol. The molecule has 1 heterocycles. The zero-order valence-electron chi connectivity index (χ0n) is 19.7. The van der Waals surface area contributed by atoms with Crippen molar-refractivity contribution >= 4 is 17.5 Å². The highest BCUT2D eigenvalue weighted by Crippen LogP contribution is 2.66. The summed E-state index contributed by atoms with van der Waals surface area (Å²) >= 11 is 0. The maximum absolute atomic E-state index is 12.8. The molecule has 0 amide bonds. The first-order valence-corrected chi connectivity index (χ1v) is 12.6. The second kappa shape index (κ2) is 8.27. The average molecular weight is 443 g/mol. The molecule has 4 saturated carbocycles. The molecule has 0 radical (unpaired) electrons. The van der Waals surface area contributed by atoms with Crippen molar-refractivity contribution in [3.63, 3.8) is 0 Å². The maximum atomic E-state index is 12.8. The minimum absolute atomic E-state index is 0.0907. The van der Waals surface area contributed by atoms with Crippen molar-refractivity contribution in [2.75, 3.05) is 19.7 Å². The smallest absolute Gasteiger partial charge is 0.302 e. The monoisotopic (exact) mass is 442 g/mol. The largest absolute Gasteiger partial charge is 0.465 e. The number of nitrogens with zero attached hydrogens (tertiary/aromatic N) is 1. The quantitative estimate of drug-likeness (QED) is 0.404. The van der Waals surface area contributed by atoms with Crippen LogP contribution in [0.1, 0.15) is 71.6 Å². The molecule has 0 aromatic carbocycles. The van der Waals surface area contributed by atoms with Gasteiger partial charge in [-0.05, 0) is 75.2 Å². The zero-order chi connectivity index (χ0) is 22.5. The molecule has 6 heteroatoms. The van der Waals surface area contributed by atoms with E-state index in [0.29, 0.717) is 30.1 Å². The topological polar surface area (TPSA) is 77.0 Å². The Labute approximate surface area is 191 Å². The van der Waals surface area contributed by atoms with Gasteiger partial charge in [0.05, 0.1) is 12.3 Å². The fourth-order valence-corrected chi connectivity index (χ4v) is 8.05. The summed E-state index contributed by atoms with van der Waals surface area (Å²) in [4.78, 5) is 30.5. The Morgan fingerprint density at radius 2 is 2.03 bits per heavy atom. The Morgan fingerprint density at radius 3 is 2.78 bits per heavy atom. The third-order valence-electron chi connectivity index (χ3n) is 9.78. The number of Topliss-reactive ketones (excluding diaryl/α,β-unsaturated/α-hetero) is 1. The Hall–Kier alpha value is -1.69. The van der Waals surface area contributed by atoms with Crippen LogP contribution in [0.5, 0.6) is 0 Å². The number of nitrogens with one attached hydrogen (secondary N) is 1. The van der Waals surface area contributed by atoms with E-state index in [1.54, 1.807) is 0 Å². The van der Waals surface area contributed by atoms with Gasteiger partial charge >= 0.3 is 5.97 Å². The van der Waals surface area contributed by atoms with Gasteiger partial charge in [0, 0.05) is 37.1 Å².